The van der Waals surface area contributed by atoms with Crippen LogP contribution >= 0.6 is 11.8 Å². The van der Waals surface area contributed by atoms with Crippen LogP contribution in [0.5, 0.6) is 5.88 Å². The highest BCUT2D eigenvalue weighted by atomic mass is 32.2. The Hall–Kier alpha value is -3.38. The third-order valence-corrected chi connectivity index (χ3v) is 6.93. The van der Waals surface area contributed by atoms with E-state index in [0.29, 0.717) is 40.6 Å². The fourth-order valence-corrected chi connectivity index (χ4v) is 4.81. The van der Waals surface area contributed by atoms with Crippen molar-refractivity contribution in [1.82, 2.24) is 29.9 Å². The first kappa shape index (κ1) is 22.4. The van der Waals surface area contributed by atoms with Gasteiger partial charge in [0, 0.05) is 24.4 Å². The van der Waals surface area contributed by atoms with Gasteiger partial charge in [-0.15, -0.1) is 11.8 Å². The van der Waals surface area contributed by atoms with Gasteiger partial charge in [-0.2, -0.15) is 9.61 Å². The summed E-state index contributed by atoms with van der Waals surface area (Å²) in [4.78, 5) is 39.1. The standard InChI is InChI=1S/C22H25N7O4S/c30-8-2-1-7-23-21(32)17-6-5-16(34-17)14-10-18(25-13-3-4-13)29-19(26-14)12(11-24-29)9-15-20(31)28-22(33)27-15/h6,9-11,13,16,30-31H,1-5,7-8H2,(H,23,32)(H2,27,28,33). The number of thioether (sulfide) groups is 1. The molecule has 0 aromatic carbocycles. The fourth-order valence-electron chi connectivity index (χ4n) is 3.70. The molecule has 5 rings (SSSR count). The molecule has 0 radical (unpaired) electrons. The van der Waals surface area contributed by atoms with E-state index < -0.39 is 5.69 Å². The number of nitrogens with one attached hydrogen (secondary N) is 3. The summed E-state index contributed by atoms with van der Waals surface area (Å²) in [5, 5.41) is 26.7. The number of aromatic nitrogens is 5. The van der Waals surface area contributed by atoms with E-state index in [1.807, 2.05) is 12.1 Å². The molecule has 178 valence electrons. The van der Waals surface area contributed by atoms with Crippen LogP contribution in [0.4, 0.5) is 0 Å². The first-order chi connectivity index (χ1) is 16.5. The van der Waals surface area contributed by atoms with Crippen molar-refractivity contribution in [1.29, 1.82) is 0 Å². The number of unbranched alkanes of at least 4 members (excludes halogenated alkanes) is 1. The molecule has 0 spiro atoms. The minimum Gasteiger partial charge on any atom is -0.493 e. The summed E-state index contributed by atoms with van der Waals surface area (Å²) >= 11 is 1.47. The average Bonchev–Trinajstić information content (AvgIpc) is 3.19. The molecule has 5 N–H and O–H groups in total. The van der Waals surface area contributed by atoms with Crippen molar-refractivity contribution in [2.75, 3.05) is 13.2 Å². The largest absolute Gasteiger partial charge is 0.493 e. The van der Waals surface area contributed by atoms with Crippen molar-refractivity contribution in [2.45, 2.75) is 43.4 Å². The van der Waals surface area contributed by atoms with Crippen molar-refractivity contribution >= 4 is 29.4 Å². The molecule has 1 unspecified atom stereocenters. The molecule has 1 amide bonds. The van der Waals surface area contributed by atoms with Gasteiger partial charge in [-0.1, -0.05) is 6.08 Å². The van der Waals surface area contributed by atoms with E-state index in [1.165, 1.54) is 11.8 Å². The smallest absolute Gasteiger partial charge is 0.326 e. The average molecular weight is 484 g/mol. The number of nitrogens with zero attached hydrogens (tertiary/aromatic N) is 4. The number of allylic oxidation sites excluding steroid dienone is 1. The zero-order valence-corrected chi connectivity index (χ0v) is 19.1. The topological polar surface area (TPSA) is 161 Å². The summed E-state index contributed by atoms with van der Waals surface area (Å²) < 4.78 is 1.66. The minimum atomic E-state index is -0.506. The van der Waals surface area contributed by atoms with Crippen LogP contribution < -0.4 is 21.7 Å². The van der Waals surface area contributed by atoms with Crippen LogP contribution in [-0.4, -0.2) is 59.9 Å². The number of carbonyl (C=O) groups excluding carboxylic acids is 1. The summed E-state index contributed by atoms with van der Waals surface area (Å²) in [6.07, 6.45) is 9.28. The van der Waals surface area contributed by atoms with Gasteiger partial charge in [0.1, 0.15) is 5.69 Å². The highest BCUT2D eigenvalue weighted by Gasteiger charge is 2.26. The number of imidazole rings is 1. The Morgan fingerprint density at radius 3 is 2.94 bits per heavy atom. The first-order valence-corrected chi connectivity index (χ1v) is 12.1. The SMILES string of the molecule is O=C(NCCCCO)C1=CCC(c2cc(=NC3CC3)n3ncc(=Cc4[nH]c(=O)[nH]c4O)c3n2)S1. The van der Waals surface area contributed by atoms with Gasteiger partial charge >= 0.3 is 5.69 Å². The molecular weight excluding hydrogens is 458 g/mol. The molecule has 3 aromatic heterocycles. The summed E-state index contributed by atoms with van der Waals surface area (Å²) in [6.45, 7) is 0.644. The second kappa shape index (κ2) is 9.47. The summed E-state index contributed by atoms with van der Waals surface area (Å²) in [7, 11) is 0. The van der Waals surface area contributed by atoms with E-state index in [2.05, 4.69) is 20.4 Å². The Balaban J connectivity index is 1.46. The summed E-state index contributed by atoms with van der Waals surface area (Å²) in [6, 6.07) is 2.19. The Morgan fingerprint density at radius 2 is 2.21 bits per heavy atom. The van der Waals surface area contributed by atoms with Gasteiger partial charge in [0.25, 0.3) is 5.91 Å². The molecule has 34 heavy (non-hydrogen) atoms. The van der Waals surface area contributed by atoms with Crippen LogP contribution in [-0.2, 0) is 4.79 Å². The van der Waals surface area contributed by atoms with Crippen LogP contribution in [0.25, 0.3) is 11.7 Å². The molecule has 1 aliphatic heterocycles. The number of aromatic amines is 2. The van der Waals surface area contributed by atoms with Crippen LogP contribution in [0, 0.1) is 0 Å². The number of H-pyrrole nitrogens is 2. The van der Waals surface area contributed by atoms with Gasteiger partial charge in [-0.3, -0.25) is 14.8 Å². The second-order valence-electron chi connectivity index (χ2n) is 8.32. The molecule has 1 aliphatic carbocycles. The molecule has 1 atom stereocenters. The number of amides is 1. The van der Waals surface area contributed by atoms with Gasteiger partial charge in [0.05, 0.1) is 28.1 Å². The van der Waals surface area contributed by atoms with Crippen LogP contribution in [0.1, 0.15) is 48.7 Å². The number of aliphatic hydroxyl groups is 1. The van der Waals surface area contributed by atoms with Crippen LogP contribution in [0.3, 0.4) is 0 Å². The first-order valence-electron chi connectivity index (χ1n) is 11.2. The van der Waals surface area contributed by atoms with E-state index in [9.17, 15) is 14.7 Å². The zero-order valence-electron chi connectivity index (χ0n) is 18.3. The Kier molecular flexibility index (Phi) is 6.24. The lowest BCUT2D eigenvalue weighted by Gasteiger charge is -2.10. The van der Waals surface area contributed by atoms with Gasteiger partial charge < -0.3 is 20.5 Å². The lowest BCUT2D eigenvalue weighted by atomic mass is 10.2. The lowest BCUT2D eigenvalue weighted by molar-refractivity contribution is -0.116. The maximum Gasteiger partial charge on any atom is 0.326 e. The number of hydrogen-bond acceptors (Lipinski definition) is 8. The van der Waals surface area contributed by atoms with Gasteiger partial charge in [-0.05, 0) is 38.2 Å². The monoisotopic (exact) mass is 483 g/mol. The molecule has 1 fully saturated rings. The number of aliphatic hydroxyl groups excluding tert-OH is 1. The molecular formula is C22H25N7O4S. The van der Waals surface area contributed by atoms with Crippen molar-refractivity contribution in [3.63, 3.8) is 0 Å². The Labute approximate surface area is 197 Å². The predicted molar refractivity (Wildman–Crippen MR) is 126 cm³/mol. The third kappa shape index (κ3) is 4.77. The van der Waals surface area contributed by atoms with Crippen molar-refractivity contribution in [2.24, 2.45) is 4.99 Å². The molecule has 3 aromatic rings. The van der Waals surface area contributed by atoms with Gasteiger partial charge in [0.15, 0.2) is 11.1 Å². The second-order valence-corrected chi connectivity index (χ2v) is 9.56. The number of aromatic hydroxyl groups is 1. The zero-order chi connectivity index (χ0) is 23.7. The van der Waals surface area contributed by atoms with E-state index >= 15 is 0 Å². The van der Waals surface area contributed by atoms with Crippen molar-refractivity contribution in [3.8, 4) is 5.88 Å². The molecule has 11 nitrogen and oxygen atoms in total. The fraction of sp³-hybridized carbons (Fsp3) is 0.409. The van der Waals surface area contributed by atoms with Crippen LogP contribution in [0.15, 0.2) is 33.0 Å². The van der Waals surface area contributed by atoms with E-state index in [-0.39, 0.29) is 35.4 Å². The molecule has 12 heteroatoms. The van der Waals surface area contributed by atoms with E-state index in [4.69, 9.17) is 15.1 Å². The highest BCUT2D eigenvalue weighted by Crippen LogP contribution is 2.42. The molecule has 2 aliphatic rings. The maximum absolute atomic E-state index is 12.5. The molecule has 0 bridgehead atoms. The quantitative estimate of drug-likeness (QED) is 0.282. The molecule has 1 saturated carbocycles. The maximum atomic E-state index is 12.5. The van der Waals surface area contributed by atoms with Gasteiger partial charge in [0.2, 0.25) is 5.88 Å². The minimum absolute atomic E-state index is 0.0421. The summed E-state index contributed by atoms with van der Waals surface area (Å²) in [5.74, 6) is -0.367. The summed E-state index contributed by atoms with van der Waals surface area (Å²) in [5.41, 5.74) is 1.77. The number of rotatable bonds is 8. The van der Waals surface area contributed by atoms with E-state index in [0.717, 1.165) is 25.0 Å². The lowest BCUT2D eigenvalue weighted by Crippen LogP contribution is -2.25. The third-order valence-electron chi connectivity index (χ3n) is 5.61. The normalized spacial score (nSPS) is 19.2. The van der Waals surface area contributed by atoms with Gasteiger partial charge in [-0.25, -0.2) is 9.78 Å². The molecule has 4 heterocycles. The van der Waals surface area contributed by atoms with Crippen molar-refractivity contribution in [3.05, 3.63) is 55.8 Å². The number of carbonyl (C=O) groups is 1. The van der Waals surface area contributed by atoms with E-state index in [1.54, 1.807) is 16.8 Å². The number of hydrogen-bond donors (Lipinski definition) is 5. The highest BCUT2D eigenvalue weighted by molar-refractivity contribution is 8.04. The Morgan fingerprint density at radius 1 is 1.35 bits per heavy atom. The molecule has 0 saturated heterocycles. The van der Waals surface area contributed by atoms with Crippen LogP contribution in [0.2, 0.25) is 0 Å². The number of fused-ring (bicyclic) bond motifs is 1. The predicted octanol–water partition coefficient (Wildman–Crippen LogP) is 0.0127. The Bertz CT molecular complexity index is 1430. The van der Waals surface area contributed by atoms with Crippen molar-refractivity contribution < 1.29 is 15.0 Å².